The molecule has 22 heavy (non-hydrogen) atoms. The predicted octanol–water partition coefficient (Wildman–Crippen LogP) is 1.90. The molecule has 0 aliphatic heterocycles. The van der Waals surface area contributed by atoms with Gasteiger partial charge in [-0.2, -0.15) is 0 Å². The van der Waals surface area contributed by atoms with Crippen LogP contribution in [-0.4, -0.2) is 34.0 Å². The highest BCUT2D eigenvalue weighted by Crippen LogP contribution is 2.43. The van der Waals surface area contributed by atoms with Crippen LogP contribution in [0.1, 0.15) is 37.4 Å². The lowest BCUT2D eigenvalue weighted by molar-refractivity contribution is 0.0973. The highest BCUT2D eigenvalue weighted by molar-refractivity contribution is 6.30. The molecule has 2 aromatic rings. The predicted molar refractivity (Wildman–Crippen MR) is 76.0 cm³/mol. The molecule has 0 amide bonds. The zero-order valence-corrected chi connectivity index (χ0v) is 11.8. The van der Waals surface area contributed by atoms with Gasteiger partial charge in [-0.15, -0.1) is 0 Å². The van der Waals surface area contributed by atoms with Gasteiger partial charge in [-0.05, 0) is 25.1 Å². The molecular formula is C16H12O6. The summed E-state index contributed by atoms with van der Waals surface area (Å²) < 4.78 is 4.94. The average Bonchev–Trinajstić information content (AvgIpc) is 2.49. The van der Waals surface area contributed by atoms with E-state index in [1.54, 1.807) is 0 Å². The molecule has 6 nitrogen and oxygen atoms in total. The number of phenols is 3. The van der Waals surface area contributed by atoms with E-state index >= 15 is 0 Å². The Morgan fingerprint density at radius 3 is 2.18 bits per heavy atom. The molecule has 112 valence electrons. The third kappa shape index (κ3) is 1.60. The maximum atomic E-state index is 12.6. The fourth-order valence-corrected chi connectivity index (χ4v) is 2.59. The van der Waals surface area contributed by atoms with Crippen molar-refractivity contribution >= 4 is 11.6 Å². The largest absolute Gasteiger partial charge is 0.508 e. The minimum atomic E-state index is -0.693. The van der Waals surface area contributed by atoms with Gasteiger partial charge in [0.15, 0.2) is 17.3 Å². The van der Waals surface area contributed by atoms with E-state index in [-0.39, 0.29) is 39.3 Å². The van der Waals surface area contributed by atoms with Crippen LogP contribution >= 0.6 is 0 Å². The Morgan fingerprint density at radius 1 is 0.909 bits per heavy atom. The van der Waals surface area contributed by atoms with Crippen molar-refractivity contribution in [3.8, 4) is 23.0 Å². The van der Waals surface area contributed by atoms with Crippen molar-refractivity contribution in [2.24, 2.45) is 0 Å². The van der Waals surface area contributed by atoms with E-state index in [4.69, 9.17) is 4.74 Å². The van der Waals surface area contributed by atoms with E-state index in [9.17, 15) is 24.9 Å². The van der Waals surface area contributed by atoms with E-state index in [2.05, 4.69) is 0 Å². The van der Waals surface area contributed by atoms with Crippen LogP contribution in [0.15, 0.2) is 18.2 Å². The lowest BCUT2D eigenvalue weighted by Crippen LogP contribution is -2.21. The van der Waals surface area contributed by atoms with Crippen molar-refractivity contribution in [1.29, 1.82) is 0 Å². The monoisotopic (exact) mass is 300 g/mol. The summed E-state index contributed by atoms with van der Waals surface area (Å²) in [6, 6.07) is 3.89. The Morgan fingerprint density at radius 2 is 1.55 bits per heavy atom. The second kappa shape index (κ2) is 4.49. The van der Waals surface area contributed by atoms with E-state index in [1.807, 2.05) is 0 Å². The molecular weight excluding hydrogens is 288 g/mol. The Hall–Kier alpha value is -3.02. The number of carbonyl (C=O) groups is 2. The van der Waals surface area contributed by atoms with E-state index < -0.39 is 23.1 Å². The molecule has 1 aliphatic rings. The maximum absolute atomic E-state index is 12.6. The number of carbonyl (C=O) groups excluding carboxylic acids is 2. The van der Waals surface area contributed by atoms with E-state index in [1.165, 1.54) is 26.2 Å². The number of ketones is 2. The van der Waals surface area contributed by atoms with Gasteiger partial charge in [-0.1, -0.05) is 0 Å². The van der Waals surface area contributed by atoms with E-state index in [0.717, 1.165) is 6.07 Å². The van der Waals surface area contributed by atoms with Crippen LogP contribution in [0.25, 0.3) is 0 Å². The summed E-state index contributed by atoms with van der Waals surface area (Å²) in [4.78, 5) is 25.1. The molecule has 3 rings (SSSR count). The molecule has 0 fully saturated rings. The number of rotatable bonds is 1. The Kier molecular flexibility index (Phi) is 2.84. The van der Waals surface area contributed by atoms with Gasteiger partial charge in [0.25, 0.3) is 0 Å². The molecule has 3 N–H and O–H groups in total. The second-order valence-electron chi connectivity index (χ2n) is 4.99. The number of methoxy groups -OCH3 is 1. The Labute approximate surface area is 125 Å². The fourth-order valence-electron chi connectivity index (χ4n) is 2.59. The van der Waals surface area contributed by atoms with Crippen molar-refractivity contribution in [1.82, 2.24) is 0 Å². The zero-order chi connectivity index (χ0) is 16.2. The summed E-state index contributed by atoms with van der Waals surface area (Å²) in [7, 11) is 1.32. The van der Waals surface area contributed by atoms with Crippen molar-refractivity contribution in [3.05, 3.63) is 46.0 Å². The van der Waals surface area contributed by atoms with Crippen LogP contribution < -0.4 is 4.74 Å². The molecule has 0 spiro atoms. The summed E-state index contributed by atoms with van der Waals surface area (Å²) in [6.45, 7) is 1.42. The van der Waals surface area contributed by atoms with Gasteiger partial charge in [-0.25, -0.2) is 0 Å². The standard InChI is InChI=1S/C16H12O6/c1-6-9(17)5-8-12(13(6)18)16(21)11-7(14(8)19)3-4-10(22-2)15(11)20/h3-5,17-18,20H,1-2H3. The first-order valence-corrected chi connectivity index (χ1v) is 6.43. The van der Waals surface area contributed by atoms with Crippen LogP contribution in [0, 0.1) is 6.92 Å². The normalized spacial score (nSPS) is 12.8. The number of aromatic hydroxyl groups is 3. The van der Waals surface area contributed by atoms with Crippen LogP contribution in [0.3, 0.4) is 0 Å². The van der Waals surface area contributed by atoms with Crippen LogP contribution in [0.5, 0.6) is 23.0 Å². The number of hydrogen-bond acceptors (Lipinski definition) is 6. The van der Waals surface area contributed by atoms with Crippen molar-refractivity contribution in [2.45, 2.75) is 6.92 Å². The van der Waals surface area contributed by atoms with E-state index in [0.29, 0.717) is 0 Å². The van der Waals surface area contributed by atoms with Gasteiger partial charge in [0.05, 0.1) is 18.2 Å². The first kappa shape index (κ1) is 13.9. The lowest BCUT2D eigenvalue weighted by atomic mass is 9.82. The highest BCUT2D eigenvalue weighted by atomic mass is 16.5. The van der Waals surface area contributed by atoms with Crippen molar-refractivity contribution in [2.75, 3.05) is 7.11 Å². The summed E-state index contributed by atoms with van der Waals surface area (Å²) in [5, 5.41) is 30.0. The molecule has 0 saturated heterocycles. The average molecular weight is 300 g/mol. The SMILES string of the molecule is COc1ccc2c(c1O)C(=O)c1c(cc(O)c(C)c1O)C2=O. The molecule has 1 aliphatic carbocycles. The molecule has 0 bridgehead atoms. The molecule has 2 aromatic carbocycles. The van der Waals surface area contributed by atoms with Crippen LogP contribution in [0.2, 0.25) is 0 Å². The molecule has 0 radical (unpaired) electrons. The Balaban J connectivity index is 2.38. The summed E-state index contributed by atoms with van der Waals surface area (Å²) in [5.41, 5.74) is -0.444. The number of fused-ring (bicyclic) bond motifs is 2. The molecule has 6 heteroatoms. The first-order chi connectivity index (χ1) is 10.4. The molecule has 0 aromatic heterocycles. The van der Waals surface area contributed by atoms with Crippen molar-refractivity contribution in [3.63, 3.8) is 0 Å². The number of phenolic OH excluding ortho intramolecular Hbond substituents is 3. The summed E-state index contributed by atoms with van der Waals surface area (Å²) in [5.74, 6) is -2.40. The number of ether oxygens (including phenoxy) is 1. The number of hydrogen-bond donors (Lipinski definition) is 3. The van der Waals surface area contributed by atoms with Gasteiger partial charge in [0.2, 0.25) is 5.78 Å². The fraction of sp³-hybridized carbons (Fsp3) is 0.125. The van der Waals surface area contributed by atoms with Crippen LogP contribution in [-0.2, 0) is 0 Å². The second-order valence-corrected chi connectivity index (χ2v) is 4.99. The van der Waals surface area contributed by atoms with Gasteiger partial charge in [0, 0.05) is 16.7 Å². The van der Waals surface area contributed by atoms with Gasteiger partial charge < -0.3 is 20.1 Å². The molecule has 0 heterocycles. The third-order valence-electron chi connectivity index (χ3n) is 3.83. The minimum absolute atomic E-state index is 0.00143. The van der Waals surface area contributed by atoms with Gasteiger partial charge in [0.1, 0.15) is 11.5 Å². The minimum Gasteiger partial charge on any atom is -0.508 e. The van der Waals surface area contributed by atoms with Gasteiger partial charge in [-0.3, -0.25) is 9.59 Å². The summed E-state index contributed by atoms with van der Waals surface area (Å²) in [6.07, 6.45) is 0. The van der Waals surface area contributed by atoms with Gasteiger partial charge >= 0.3 is 0 Å². The molecule has 0 atom stereocenters. The topological polar surface area (TPSA) is 104 Å². The summed E-state index contributed by atoms with van der Waals surface area (Å²) >= 11 is 0. The molecule has 0 saturated carbocycles. The smallest absolute Gasteiger partial charge is 0.202 e. The Bertz CT molecular complexity index is 850. The lowest BCUT2D eigenvalue weighted by Gasteiger charge is -2.21. The van der Waals surface area contributed by atoms with Crippen LogP contribution in [0.4, 0.5) is 0 Å². The quantitative estimate of drug-likeness (QED) is 0.634. The first-order valence-electron chi connectivity index (χ1n) is 6.43. The van der Waals surface area contributed by atoms with Crippen molar-refractivity contribution < 1.29 is 29.6 Å². The third-order valence-corrected chi connectivity index (χ3v) is 3.83. The highest BCUT2D eigenvalue weighted by Gasteiger charge is 2.36. The number of benzene rings is 2. The molecule has 0 unspecified atom stereocenters. The maximum Gasteiger partial charge on any atom is 0.202 e. The zero-order valence-electron chi connectivity index (χ0n) is 11.8.